The Morgan fingerprint density at radius 1 is 0.557 bits per heavy atom. The Balaban J connectivity index is 0.699. The fraction of sp³-hybridized carbons (Fsp3) is 0.520. The van der Waals surface area contributed by atoms with Crippen LogP contribution in [-0.2, 0) is 30.3 Å². The molecule has 0 saturated carbocycles. The Kier molecular flexibility index (Phi) is 25.7. The van der Waals surface area contributed by atoms with Crippen LogP contribution in [0.25, 0.3) is 0 Å². The van der Waals surface area contributed by atoms with Crippen molar-refractivity contribution < 1.29 is 66.7 Å². The Labute approximate surface area is 570 Å². The zero-order valence-electron chi connectivity index (χ0n) is 57.4. The van der Waals surface area contributed by atoms with Crippen LogP contribution in [0.4, 0.5) is 11.4 Å². The van der Waals surface area contributed by atoms with Crippen LogP contribution in [0.1, 0.15) is 150 Å². The summed E-state index contributed by atoms with van der Waals surface area (Å²) in [6.45, 7) is 10.1. The Morgan fingerprint density at radius 2 is 1.16 bits per heavy atom. The molecule has 22 nitrogen and oxygen atoms in total. The third-order valence-corrected chi connectivity index (χ3v) is 19.7. The van der Waals surface area contributed by atoms with Crippen molar-refractivity contribution in [2.24, 2.45) is 0 Å². The third-order valence-electron chi connectivity index (χ3n) is 19.7. The van der Waals surface area contributed by atoms with Crippen LogP contribution in [0.3, 0.4) is 0 Å². The van der Waals surface area contributed by atoms with E-state index in [9.17, 15) is 28.8 Å². The average Bonchev–Trinajstić information content (AvgIpc) is 0.837. The number of anilines is 2. The minimum absolute atomic E-state index is 0.0369. The number of aryl methyl sites for hydroxylation is 1. The van der Waals surface area contributed by atoms with Gasteiger partial charge in [-0.05, 0) is 212 Å². The van der Waals surface area contributed by atoms with Gasteiger partial charge in [-0.2, -0.15) is 0 Å². The number of rotatable bonds is 30. The van der Waals surface area contributed by atoms with Gasteiger partial charge in [0, 0.05) is 74.7 Å². The number of benzene rings is 5. The van der Waals surface area contributed by atoms with Crippen molar-refractivity contribution in [2.45, 2.75) is 127 Å². The molecule has 522 valence electrons. The maximum Gasteiger partial charge on any atom is 0.329 e. The summed E-state index contributed by atoms with van der Waals surface area (Å²) in [6, 6.07) is 28.9. The van der Waals surface area contributed by atoms with Gasteiger partial charge in [-0.15, -0.1) is 0 Å². The normalized spacial score (nSPS) is 17.8. The van der Waals surface area contributed by atoms with Crippen LogP contribution in [0.15, 0.2) is 97.1 Å². The highest BCUT2D eigenvalue weighted by Crippen LogP contribution is 2.42. The van der Waals surface area contributed by atoms with Gasteiger partial charge in [-0.25, -0.2) is 4.79 Å². The van der Waals surface area contributed by atoms with E-state index in [1.54, 1.807) is 85.8 Å². The molecular formula is C75H98N8O14. The van der Waals surface area contributed by atoms with Crippen molar-refractivity contribution in [3.63, 3.8) is 0 Å². The van der Waals surface area contributed by atoms with Crippen LogP contribution in [-0.4, -0.2) is 205 Å². The topological polar surface area (TPSA) is 229 Å². The molecule has 5 aliphatic rings. The second-order valence-electron chi connectivity index (χ2n) is 25.7. The number of esters is 1. The van der Waals surface area contributed by atoms with Crippen molar-refractivity contribution >= 4 is 46.9 Å². The van der Waals surface area contributed by atoms with Gasteiger partial charge in [-0.3, -0.25) is 24.0 Å². The summed E-state index contributed by atoms with van der Waals surface area (Å²) in [4.78, 5) is 94.7. The van der Waals surface area contributed by atoms with Gasteiger partial charge < -0.3 is 78.3 Å². The molecule has 5 fully saturated rings. The fourth-order valence-corrected chi connectivity index (χ4v) is 14.3. The van der Waals surface area contributed by atoms with E-state index in [0.717, 1.165) is 70.3 Å². The maximum absolute atomic E-state index is 14.6. The zero-order chi connectivity index (χ0) is 68.2. The van der Waals surface area contributed by atoms with Crippen molar-refractivity contribution in [3.8, 4) is 34.5 Å². The predicted molar refractivity (Wildman–Crippen MR) is 369 cm³/mol. The van der Waals surface area contributed by atoms with E-state index < -0.39 is 24.0 Å². The summed E-state index contributed by atoms with van der Waals surface area (Å²) in [5.74, 6) is 0.713. The number of hydrogen-bond donors (Lipinski definition) is 3. The van der Waals surface area contributed by atoms with Gasteiger partial charge in [-0.1, -0.05) is 25.1 Å². The zero-order valence-corrected chi connectivity index (χ0v) is 57.4. The van der Waals surface area contributed by atoms with Gasteiger partial charge >= 0.3 is 5.97 Å². The second-order valence-corrected chi connectivity index (χ2v) is 25.7. The minimum Gasteiger partial charge on any atom is -0.493 e. The lowest BCUT2D eigenvalue weighted by atomic mass is 9.91. The van der Waals surface area contributed by atoms with Crippen LogP contribution in [0, 0.1) is 0 Å². The van der Waals surface area contributed by atoms with Crippen LogP contribution < -0.4 is 44.4 Å². The Bertz CT molecular complexity index is 3440. The van der Waals surface area contributed by atoms with E-state index in [4.69, 9.17) is 37.9 Å². The molecular weight excluding hydrogens is 1240 g/mol. The summed E-state index contributed by atoms with van der Waals surface area (Å²) in [7, 11) is 7.73. The largest absolute Gasteiger partial charge is 0.493 e. The van der Waals surface area contributed by atoms with Crippen LogP contribution >= 0.6 is 0 Å². The van der Waals surface area contributed by atoms with Gasteiger partial charge in [0.15, 0.2) is 29.6 Å². The van der Waals surface area contributed by atoms with Gasteiger partial charge in [0.2, 0.25) is 11.7 Å². The Morgan fingerprint density at radius 3 is 1.78 bits per heavy atom. The molecule has 0 bridgehead atoms. The molecule has 5 amide bonds. The third kappa shape index (κ3) is 18.3. The molecule has 5 aliphatic heterocycles. The van der Waals surface area contributed by atoms with Crippen molar-refractivity contribution in [1.82, 2.24) is 35.1 Å². The molecule has 0 spiro atoms. The summed E-state index contributed by atoms with van der Waals surface area (Å²) in [6.07, 6.45) is 11.2. The monoisotopic (exact) mass is 1330 g/mol. The molecule has 5 saturated heterocycles. The first-order valence-corrected chi connectivity index (χ1v) is 34.7. The number of methoxy groups -OCH3 is 5. The number of piperidine rings is 3. The first-order chi connectivity index (χ1) is 47.3. The molecule has 5 aromatic rings. The van der Waals surface area contributed by atoms with E-state index in [0.29, 0.717) is 144 Å². The standard InChI is InChI=1S/C75H98N8O14/c1-7-60(55-48-67(92-4)70(94-6)68(49-55)93-5)74(88)83-38-9-8-17-63(83)75(89)97-64(26-18-51-19-27-65(90-2)66(45-51)91-3)53-15-14-16-59(46-53)96-50-69(84)76-32-43-95-44-33-77-71(85)52-20-23-56(24-21-52)78-62-47-54(72(86)81-39-28-57(29-40-81)79-34-10-11-35-79)22-25-61(62)73(87)82-41-30-58(31-42-82)80-36-12-13-37-80/h14-16,19-25,27,45-49,57-58,60,63-64,78H,7-13,17-18,26,28-44,50H2,1-6H3,(H,76,84)(H,77,85)/t60-,63-,64+/m0/s1. The maximum atomic E-state index is 14.6. The smallest absolute Gasteiger partial charge is 0.329 e. The lowest BCUT2D eigenvalue weighted by molar-refractivity contribution is -0.162. The molecule has 0 radical (unpaired) electrons. The number of likely N-dealkylation sites (tertiary alicyclic amines) is 5. The van der Waals surface area contributed by atoms with Crippen LogP contribution in [0.5, 0.6) is 34.5 Å². The van der Waals surface area contributed by atoms with Crippen molar-refractivity contribution in [2.75, 3.05) is 133 Å². The highest BCUT2D eigenvalue weighted by atomic mass is 16.5. The van der Waals surface area contributed by atoms with E-state index in [-0.39, 0.29) is 62.4 Å². The minimum atomic E-state index is -0.833. The average molecular weight is 1340 g/mol. The van der Waals surface area contributed by atoms with Gasteiger partial charge in [0.05, 0.1) is 65.9 Å². The number of nitrogens with zero attached hydrogens (tertiary/aromatic N) is 5. The molecule has 5 aromatic carbocycles. The number of carbonyl (C=O) groups excluding carboxylic acids is 6. The summed E-state index contributed by atoms with van der Waals surface area (Å²) in [5.41, 5.74) is 4.93. The number of nitrogens with one attached hydrogen (secondary N) is 3. The van der Waals surface area contributed by atoms with E-state index in [1.807, 2.05) is 47.1 Å². The molecule has 0 aliphatic carbocycles. The Hall–Kier alpha value is -8.60. The lowest BCUT2D eigenvalue weighted by Gasteiger charge is -2.37. The first kappa shape index (κ1) is 71.2. The highest BCUT2D eigenvalue weighted by molar-refractivity contribution is 6.03. The van der Waals surface area contributed by atoms with E-state index >= 15 is 0 Å². The lowest BCUT2D eigenvalue weighted by Crippen LogP contribution is -2.50. The molecule has 10 rings (SSSR count). The second kappa shape index (κ2) is 35.1. The molecule has 3 N–H and O–H groups in total. The van der Waals surface area contributed by atoms with Crippen LogP contribution in [0.2, 0.25) is 0 Å². The number of carbonyl (C=O) groups is 6. The summed E-state index contributed by atoms with van der Waals surface area (Å²) in [5, 5.41) is 9.16. The van der Waals surface area contributed by atoms with Gasteiger partial charge in [0.25, 0.3) is 23.6 Å². The number of hydrogen-bond acceptors (Lipinski definition) is 17. The quantitative estimate of drug-likeness (QED) is 0.0287. The molecule has 5 heterocycles. The summed E-state index contributed by atoms with van der Waals surface area (Å²) >= 11 is 0. The molecule has 0 aromatic heterocycles. The molecule has 3 atom stereocenters. The summed E-state index contributed by atoms with van der Waals surface area (Å²) < 4.78 is 46.1. The van der Waals surface area contributed by atoms with Gasteiger partial charge in [0.1, 0.15) is 17.9 Å². The van der Waals surface area contributed by atoms with Crippen molar-refractivity contribution in [3.05, 3.63) is 130 Å². The molecule has 22 heteroatoms. The predicted octanol–water partition coefficient (Wildman–Crippen LogP) is 9.61. The highest BCUT2D eigenvalue weighted by Gasteiger charge is 2.39. The van der Waals surface area contributed by atoms with E-state index in [2.05, 4.69) is 25.8 Å². The molecule has 0 unspecified atom stereocenters. The van der Waals surface area contributed by atoms with Crippen molar-refractivity contribution in [1.29, 1.82) is 0 Å². The molecule has 97 heavy (non-hydrogen) atoms. The number of amides is 5. The fourth-order valence-electron chi connectivity index (χ4n) is 14.3. The van der Waals surface area contributed by atoms with E-state index in [1.165, 1.54) is 47.0 Å². The number of ether oxygens (including phenoxy) is 8. The first-order valence-electron chi connectivity index (χ1n) is 34.7. The SMILES string of the molecule is CC[C@H](C(=O)N1CCCC[C@H]1C(=O)O[C@H](CCc1ccc(OC)c(OC)c1)c1cccc(OCC(=O)NCCOCCNC(=O)c2ccc(Nc3cc(C(=O)N4CCC(N5CCCC5)CC4)ccc3C(=O)N3CCC(N4CCCC4)CC3)cc2)c1)c1cc(OC)c(OC)c(OC)c1.